The maximum Gasteiger partial charge on any atom is 0.243 e. The molecule has 0 unspecified atom stereocenters. The Morgan fingerprint density at radius 2 is 1.86 bits per heavy atom. The maximum absolute atomic E-state index is 12.6. The van der Waals surface area contributed by atoms with Crippen LogP contribution in [-0.4, -0.2) is 44.9 Å². The highest BCUT2D eigenvalue weighted by atomic mass is 32.2. The second-order valence-electron chi connectivity index (χ2n) is 5.66. The summed E-state index contributed by atoms with van der Waals surface area (Å²) >= 11 is 0. The van der Waals surface area contributed by atoms with Crippen molar-refractivity contribution in [2.45, 2.75) is 31.7 Å². The Morgan fingerprint density at radius 1 is 1.24 bits per heavy atom. The van der Waals surface area contributed by atoms with E-state index in [9.17, 15) is 8.42 Å². The zero-order valence-electron chi connectivity index (χ0n) is 12.8. The molecular weight excluding hydrogens is 286 g/mol. The first-order valence-corrected chi connectivity index (χ1v) is 8.62. The smallest absolute Gasteiger partial charge is 0.243 e. The zero-order chi connectivity index (χ0) is 15.6. The molecule has 0 bridgehead atoms. The molecule has 0 amide bonds. The van der Waals surface area contributed by atoms with Crippen molar-refractivity contribution < 1.29 is 13.3 Å². The Morgan fingerprint density at radius 3 is 2.38 bits per heavy atom. The third kappa shape index (κ3) is 3.26. The molecule has 0 radical (unpaired) electrons. The maximum atomic E-state index is 12.6. The highest BCUT2D eigenvalue weighted by Crippen LogP contribution is 2.19. The van der Waals surface area contributed by atoms with Gasteiger partial charge in [0.2, 0.25) is 10.0 Å². The van der Waals surface area contributed by atoms with Gasteiger partial charge in [-0.05, 0) is 37.1 Å². The van der Waals surface area contributed by atoms with E-state index in [0.29, 0.717) is 31.1 Å². The third-order valence-electron chi connectivity index (χ3n) is 4.29. The molecule has 0 aliphatic carbocycles. The van der Waals surface area contributed by atoms with Gasteiger partial charge in [0, 0.05) is 6.92 Å². The normalized spacial score (nSPS) is 19.1. The molecule has 6 heteroatoms. The van der Waals surface area contributed by atoms with E-state index < -0.39 is 10.0 Å². The van der Waals surface area contributed by atoms with Gasteiger partial charge in [-0.15, -0.1) is 0 Å². The molecule has 2 rings (SSSR count). The molecule has 5 nitrogen and oxygen atoms in total. The highest BCUT2D eigenvalue weighted by molar-refractivity contribution is 7.89. The first-order valence-electron chi connectivity index (χ1n) is 7.18. The van der Waals surface area contributed by atoms with Crippen LogP contribution < -0.4 is 4.90 Å². The summed E-state index contributed by atoms with van der Waals surface area (Å²) < 4.78 is 26.8. The largest absolute Gasteiger partial charge is 0.319 e. The predicted molar refractivity (Wildman–Crippen MR) is 80.4 cm³/mol. The lowest BCUT2D eigenvalue weighted by Gasteiger charge is -2.32. The van der Waals surface area contributed by atoms with Crippen LogP contribution in [0.5, 0.6) is 0 Å². The van der Waals surface area contributed by atoms with Gasteiger partial charge in [-0.2, -0.15) is 9.57 Å². The minimum absolute atomic E-state index is 0.0866. The van der Waals surface area contributed by atoms with Crippen molar-refractivity contribution in [3.05, 3.63) is 29.3 Å². The minimum Gasteiger partial charge on any atom is -0.319 e. The fourth-order valence-corrected chi connectivity index (χ4v) is 4.09. The summed E-state index contributed by atoms with van der Waals surface area (Å²) in [5.41, 5.74) is 2.07. The van der Waals surface area contributed by atoms with Gasteiger partial charge in [0.15, 0.2) is 6.04 Å². The molecule has 1 N–H and O–H groups in total. The van der Waals surface area contributed by atoms with Crippen LogP contribution in [0.2, 0.25) is 0 Å². The van der Waals surface area contributed by atoms with Crippen molar-refractivity contribution in [2.75, 3.05) is 26.2 Å². The van der Waals surface area contributed by atoms with Gasteiger partial charge in [-0.3, -0.25) is 0 Å². The molecule has 114 valence electrons. The van der Waals surface area contributed by atoms with Gasteiger partial charge in [0.25, 0.3) is 0 Å². The molecule has 1 heterocycles. The topological polar surface area (TPSA) is 65.6 Å². The number of quaternary nitrogens is 1. The fourth-order valence-electron chi connectivity index (χ4n) is 2.56. The number of hydrogen-bond donors (Lipinski definition) is 1. The van der Waals surface area contributed by atoms with E-state index in [0.717, 1.165) is 16.0 Å². The summed E-state index contributed by atoms with van der Waals surface area (Å²) in [7, 11) is -3.42. The first kappa shape index (κ1) is 16.0. The van der Waals surface area contributed by atoms with E-state index >= 15 is 0 Å². The van der Waals surface area contributed by atoms with Crippen molar-refractivity contribution >= 4 is 10.0 Å². The van der Waals surface area contributed by atoms with Gasteiger partial charge < -0.3 is 4.90 Å². The second-order valence-corrected chi connectivity index (χ2v) is 7.60. The van der Waals surface area contributed by atoms with E-state index in [1.165, 1.54) is 4.31 Å². The molecule has 21 heavy (non-hydrogen) atoms. The van der Waals surface area contributed by atoms with Crippen LogP contribution in [0.15, 0.2) is 23.1 Å². The lowest BCUT2D eigenvalue weighted by atomic mass is 10.1. The number of rotatable bonds is 3. The van der Waals surface area contributed by atoms with E-state index in [-0.39, 0.29) is 6.04 Å². The highest BCUT2D eigenvalue weighted by Gasteiger charge is 2.32. The molecule has 1 aliphatic rings. The van der Waals surface area contributed by atoms with Gasteiger partial charge in [-0.1, -0.05) is 6.07 Å². The minimum atomic E-state index is -3.42. The van der Waals surface area contributed by atoms with Gasteiger partial charge in [-0.25, -0.2) is 8.42 Å². The summed E-state index contributed by atoms with van der Waals surface area (Å²) in [5.74, 6) is 0. The van der Waals surface area contributed by atoms with E-state index in [1.807, 2.05) is 26.8 Å². The Balaban J connectivity index is 2.15. The van der Waals surface area contributed by atoms with E-state index in [4.69, 9.17) is 5.26 Å². The van der Waals surface area contributed by atoms with Crippen LogP contribution >= 0.6 is 0 Å². The summed E-state index contributed by atoms with van der Waals surface area (Å²) in [5, 5.41) is 8.94. The molecule has 0 saturated carbocycles. The Bertz CT molecular complexity index is 656. The van der Waals surface area contributed by atoms with Crippen molar-refractivity contribution in [3.8, 4) is 6.07 Å². The van der Waals surface area contributed by atoms with E-state index in [2.05, 4.69) is 6.07 Å². The molecule has 1 aliphatic heterocycles. The van der Waals surface area contributed by atoms with Crippen molar-refractivity contribution in [3.63, 3.8) is 0 Å². The molecule has 0 spiro atoms. The molecule has 1 saturated heterocycles. The Hall–Kier alpha value is -1.42. The summed E-state index contributed by atoms with van der Waals surface area (Å²) in [6.07, 6.45) is 0. The van der Waals surface area contributed by atoms with Crippen LogP contribution in [0.25, 0.3) is 0 Å². The van der Waals surface area contributed by atoms with Crippen molar-refractivity contribution in [1.82, 2.24) is 4.31 Å². The fraction of sp³-hybridized carbons (Fsp3) is 0.533. The summed E-state index contributed by atoms with van der Waals surface area (Å²) in [4.78, 5) is 1.52. The van der Waals surface area contributed by atoms with Gasteiger partial charge in [0.1, 0.15) is 6.07 Å². The molecule has 1 fully saturated rings. The Kier molecular flexibility index (Phi) is 4.67. The number of nitrogens with one attached hydrogen (secondary N) is 1. The lowest BCUT2D eigenvalue weighted by Crippen LogP contribution is -3.17. The number of sulfonamides is 1. The van der Waals surface area contributed by atoms with Gasteiger partial charge in [0.05, 0.1) is 31.1 Å². The van der Waals surface area contributed by atoms with Crippen LogP contribution in [0.4, 0.5) is 0 Å². The monoisotopic (exact) mass is 308 g/mol. The average molecular weight is 308 g/mol. The zero-order valence-corrected chi connectivity index (χ0v) is 13.6. The molecule has 1 aromatic rings. The number of benzene rings is 1. The molecular formula is C15H22N3O2S+. The van der Waals surface area contributed by atoms with Crippen LogP contribution in [-0.2, 0) is 10.0 Å². The predicted octanol–water partition coefficient (Wildman–Crippen LogP) is 0.105. The number of nitriles is 1. The number of nitrogens with zero attached hydrogens (tertiary/aromatic N) is 2. The quantitative estimate of drug-likeness (QED) is 0.861. The molecule has 1 aromatic carbocycles. The van der Waals surface area contributed by atoms with E-state index in [1.54, 1.807) is 12.1 Å². The molecule has 0 aromatic heterocycles. The van der Waals surface area contributed by atoms with Crippen molar-refractivity contribution in [2.24, 2.45) is 0 Å². The SMILES string of the molecule is Cc1ccc(S(=O)(=O)N2CC[NH+]([C@H](C)C#N)CC2)cc1C. The molecule has 1 atom stereocenters. The van der Waals surface area contributed by atoms with Gasteiger partial charge >= 0.3 is 0 Å². The number of hydrogen-bond acceptors (Lipinski definition) is 3. The standard InChI is InChI=1S/C15H21N3O2S/c1-12-4-5-15(10-13(12)2)21(19,20)18-8-6-17(7-9-18)14(3)11-16/h4-5,10,14H,6-9H2,1-3H3/p+1/t14-/m1/s1. The number of aryl methyl sites for hydroxylation is 2. The average Bonchev–Trinajstić information content (AvgIpc) is 2.49. The van der Waals surface area contributed by atoms with Crippen LogP contribution in [0.3, 0.4) is 0 Å². The second kappa shape index (κ2) is 6.14. The Labute approximate surface area is 126 Å². The summed E-state index contributed by atoms with van der Waals surface area (Å²) in [6.45, 7) is 8.07. The lowest BCUT2D eigenvalue weighted by molar-refractivity contribution is -0.918. The third-order valence-corrected chi connectivity index (χ3v) is 6.18. The van der Waals surface area contributed by atoms with Crippen molar-refractivity contribution in [1.29, 1.82) is 5.26 Å². The number of piperazine rings is 1. The van der Waals surface area contributed by atoms with Crippen LogP contribution in [0.1, 0.15) is 18.1 Å². The summed E-state index contributed by atoms with van der Waals surface area (Å²) in [6, 6.07) is 7.40. The van der Waals surface area contributed by atoms with Crippen LogP contribution in [0, 0.1) is 25.2 Å². The first-order chi connectivity index (χ1) is 9.86.